The predicted octanol–water partition coefficient (Wildman–Crippen LogP) is 3.97. The highest BCUT2D eigenvalue weighted by molar-refractivity contribution is 5.73. The highest BCUT2D eigenvalue weighted by Gasteiger charge is 2.49. The second-order valence-electron chi connectivity index (χ2n) is 8.60. The van der Waals surface area contributed by atoms with E-state index in [2.05, 4.69) is 4.98 Å². The van der Waals surface area contributed by atoms with E-state index in [1.165, 1.54) is 6.39 Å². The number of carbonyl (C=O) groups excluding carboxylic acids is 1. The van der Waals surface area contributed by atoms with Crippen molar-refractivity contribution in [1.82, 2.24) is 9.88 Å². The zero-order valence-electron chi connectivity index (χ0n) is 15.6. The first kappa shape index (κ1) is 17.3. The summed E-state index contributed by atoms with van der Waals surface area (Å²) in [6.45, 7) is 5.65. The highest BCUT2D eigenvalue weighted by atomic mass is 16.6. The van der Waals surface area contributed by atoms with Crippen molar-refractivity contribution in [2.45, 2.75) is 76.2 Å². The van der Waals surface area contributed by atoms with Gasteiger partial charge in [0.2, 0.25) is 0 Å². The van der Waals surface area contributed by atoms with Crippen LogP contribution in [0.1, 0.15) is 58.4 Å². The van der Waals surface area contributed by atoms with Crippen LogP contribution in [0, 0.1) is 0 Å². The summed E-state index contributed by atoms with van der Waals surface area (Å²) in [7, 11) is 0. The molecule has 1 amide bonds. The summed E-state index contributed by atoms with van der Waals surface area (Å²) in [5.41, 5.74) is 0.831. The fourth-order valence-corrected chi connectivity index (χ4v) is 4.42. The molecule has 0 saturated carbocycles. The molecular weight excluding hydrogens is 332 g/mol. The van der Waals surface area contributed by atoms with Crippen molar-refractivity contribution in [3.05, 3.63) is 30.2 Å². The van der Waals surface area contributed by atoms with Crippen LogP contribution in [-0.2, 0) is 10.3 Å². The summed E-state index contributed by atoms with van der Waals surface area (Å²) >= 11 is 0. The molecule has 0 aliphatic carbocycles. The van der Waals surface area contributed by atoms with Crippen molar-refractivity contribution in [3.63, 3.8) is 0 Å². The first-order valence-electron chi connectivity index (χ1n) is 9.33. The first-order valence-corrected chi connectivity index (χ1v) is 9.33. The Morgan fingerprint density at radius 1 is 1.31 bits per heavy atom. The number of nitrogens with zero attached hydrogens (tertiary/aromatic N) is 2. The van der Waals surface area contributed by atoms with E-state index in [-0.39, 0.29) is 18.2 Å². The van der Waals surface area contributed by atoms with E-state index in [4.69, 9.17) is 9.15 Å². The Hall–Kier alpha value is -2.08. The second kappa shape index (κ2) is 5.98. The molecule has 2 aliphatic rings. The predicted molar refractivity (Wildman–Crippen MR) is 96.6 cm³/mol. The van der Waals surface area contributed by atoms with Gasteiger partial charge in [-0.1, -0.05) is 6.07 Å². The minimum atomic E-state index is -0.957. The third-order valence-corrected chi connectivity index (χ3v) is 5.48. The highest BCUT2D eigenvalue weighted by Crippen LogP contribution is 2.45. The van der Waals surface area contributed by atoms with Crippen LogP contribution < -0.4 is 0 Å². The van der Waals surface area contributed by atoms with Gasteiger partial charge in [-0.15, -0.1) is 0 Å². The molecule has 2 aliphatic heterocycles. The summed E-state index contributed by atoms with van der Waals surface area (Å²) in [5, 5.41) is 11.4. The van der Waals surface area contributed by atoms with Crippen molar-refractivity contribution in [3.8, 4) is 0 Å². The lowest BCUT2D eigenvalue weighted by Crippen LogP contribution is -2.59. The van der Waals surface area contributed by atoms with E-state index < -0.39 is 11.2 Å². The molecule has 1 aromatic heterocycles. The number of piperidine rings is 2. The second-order valence-corrected chi connectivity index (χ2v) is 8.60. The average molecular weight is 358 g/mol. The fourth-order valence-electron chi connectivity index (χ4n) is 4.42. The van der Waals surface area contributed by atoms with Crippen molar-refractivity contribution < 1.29 is 19.1 Å². The maximum absolute atomic E-state index is 12.7. The lowest BCUT2D eigenvalue weighted by Gasteiger charge is -2.51. The van der Waals surface area contributed by atoms with Crippen LogP contribution in [0.5, 0.6) is 0 Å². The van der Waals surface area contributed by atoms with E-state index in [1.807, 2.05) is 43.9 Å². The van der Waals surface area contributed by atoms with E-state index in [1.54, 1.807) is 0 Å². The minimum absolute atomic E-state index is 0.00430. The van der Waals surface area contributed by atoms with Gasteiger partial charge < -0.3 is 19.2 Å². The fraction of sp³-hybridized carbons (Fsp3) is 0.600. The molecule has 140 valence electrons. The Balaban J connectivity index is 1.61. The van der Waals surface area contributed by atoms with Gasteiger partial charge in [0.1, 0.15) is 11.1 Å². The van der Waals surface area contributed by atoms with Gasteiger partial charge in [0, 0.05) is 24.9 Å². The summed E-state index contributed by atoms with van der Waals surface area (Å²) in [6, 6.07) is 5.65. The molecule has 3 heterocycles. The van der Waals surface area contributed by atoms with Crippen LogP contribution in [0.3, 0.4) is 0 Å². The molecule has 2 atom stereocenters. The number of amides is 1. The molecule has 2 unspecified atom stereocenters. The minimum Gasteiger partial charge on any atom is -0.444 e. The zero-order chi connectivity index (χ0) is 18.5. The van der Waals surface area contributed by atoms with Gasteiger partial charge in [-0.3, -0.25) is 0 Å². The van der Waals surface area contributed by atoms with Gasteiger partial charge in [-0.2, -0.15) is 0 Å². The van der Waals surface area contributed by atoms with Crippen LogP contribution in [0.4, 0.5) is 4.79 Å². The van der Waals surface area contributed by atoms with Gasteiger partial charge in [-0.25, -0.2) is 9.78 Å². The summed E-state index contributed by atoms with van der Waals surface area (Å²) in [4.78, 5) is 18.8. The van der Waals surface area contributed by atoms with Gasteiger partial charge in [-0.05, 0) is 57.7 Å². The normalized spacial score (nSPS) is 29.0. The molecule has 2 bridgehead atoms. The summed E-state index contributed by atoms with van der Waals surface area (Å²) < 4.78 is 10.9. The summed E-state index contributed by atoms with van der Waals surface area (Å²) in [5.74, 6) is 0. The molecule has 6 heteroatoms. The average Bonchev–Trinajstić information content (AvgIpc) is 2.99. The molecule has 1 aromatic carbocycles. The van der Waals surface area contributed by atoms with E-state index in [0.717, 1.165) is 30.3 Å². The van der Waals surface area contributed by atoms with Crippen LogP contribution >= 0.6 is 0 Å². The van der Waals surface area contributed by atoms with E-state index >= 15 is 0 Å². The van der Waals surface area contributed by atoms with E-state index in [0.29, 0.717) is 18.4 Å². The number of hydrogen-bond donors (Lipinski definition) is 1. The maximum Gasteiger partial charge on any atom is 0.410 e. The summed E-state index contributed by atoms with van der Waals surface area (Å²) in [6.07, 6.45) is 5.05. The van der Waals surface area contributed by atoms with Gasteiger partial charge in [0.05, 0.1) is 5.60 Å². The molecule has 0 spiro atoms. The smallest absolute Gasteiger partial charge is 0.410 e. The van der Waals surface area contributed by atoms with Gasteiger partial charge in [0.25, 0.3) is 0 Å². The Morgan fingerprint density at radius 3 is 2.65 bits per heavy atom. The maximum atomic E-state index is 12.7. The zero-order valence-corrected chi connectivity index (χ0v) is 15.6. The number of ether oxygens (including phenoxy) is 1. The SMILES string of the molecule is CC(C)(C)OC(=O)N1C2CCCC1CC(O)(c1ccc3ocnc3c1)C2. The van der Waals surface area contributed by atoms with Gasteiger partial charge in [0.15, 0.2) is 12.0 Å². The van der Waals surface area contributed by atoms with Crippen molar-refractivity contribution in [2.75, 3.05) is 0 Å². The molecule has 26 heavy (non-hydrogen) atoms. The topological polar surface area (TPSA) is 75.8 Å². The lowest BCUT2D eigenvalue weighted by molar-refractivity contribution is -0.0964. The number of fused-ring (bicyclic) bond motifs is 3. The number of oxazole rings is 1. The van der Waals surface area contributed by atoms with E-state index in [9.17, 15) is 9.90 Å². The molecular formula is C20H26N2O4. The van der Waals surface area contributed by atoms with Crippen LogP contribution in [0.25, 0.3) is 11.1 Å². The molecule has 2 saturated heterocycles. The monoisotopic (exact) mass is 358 g/mol. The lowest BCUT2D eigenvalue weighted by atomic mass is 9.72. The number of rotatable bonds is 1. The standard InChI is InChI=1S/C20H26N2O4/c1-19(2,3)26-18(23)22-14-5-4-6-15(22)11-20(24,10-14)13-7-8-17-16(9-13)21-12-25-17/h7-9,12,14-15,24H,4-6,10-11H2,1-3H3. The number of carbonyl (C=O) groups is 1. The van der Waals surface area contributed by atoms with Crippen LogP contribution in [0.15, 0.2) is 29.0 Å². The number of aromatic nitrogens is 1. The largest absolute Gasteiger partial charge is 0.444 e. The number of benzene rings is 1. The van der Waals surface area contributed by atoms with Crippen LogP contribution in [-0.4, -0.2) is 38.8 Å². The first-order chi connectivity index (χ1) is 12.3. The molecule has 0 radical (unpaired) electrons. The number of aliphatic hydroxyl groups is 1. The van der Waals surface area contributed by atoms with Crippen molar-refractivity contribution in [2.24, 2.45) is 0 Å². The molecule has 2 fully saturated rings. The Kier molecular flexibility index (Phi) is 3.99. The molecule has 1 N–H and O–H groups in total. The van der Waals surface area contributed by atoms with Crippen molar-refractivity contribution in [1.29, 1.82) is 0 Å². The molecule has 4 rings (SSSR count). The Bertz CT molecular complexity index is 809. The van der Waals surface area contributed by atoms with Crippen LogP contribution in [0.2, 0.25) is 0 Å². The van der Waals surface area contributed by atoms with Crippen molar-refractivity contribution >= 4 is 17.2 Å². The third-order valence-electron chi connectivity index (χ3n) is 5.48. The number of hydrogen-bond acceptors (Lipinski definition) is 5. The Labute approximate surface area is 153 Å². The molecule has 6 nitrogen and oxygen atoms in total. The molecule has 2 aromatic rings. The quantitative estimate of drug-likeness (QED) is 0.835. The van der Waals surface area contributed by atoms with Gasteiger partial charge >= 0.3 is 6.09 Å². The Morgan fingerprint density at radius 2 is 2.00 bits per heavy atom. The third kappa shape index (κ3) is 3.07.